The molecule has 0 bridgehead atoms. The van der Waals surface area contributed by atoms with Gasteiger partial charge in [0.05, 0.1) is 47.0 Å². The monoisotopic (exact) mass is 581 g/mol. The minimum Gasteiger partial charge on any atom is -1.00 e. The SMILES string of the molecule is CCCCCCC(O)CCCCCCCCCCCOCC(COCCCCC[N+](C)(C)C)OC.[Br-]. The van der Waals surface area contributed by atoms with Gasteiger partial charge in [-0.1, -0.05) is 84.0 Å². The maximum absolute atomic E-state index is 10.0. The first-order chi connectivity index (χ1) is 16.9. The van der Waals surface area contributed by atoms with E-state index >= 15 is 0 Å². The van der Waals surface area contributed by atoms with Gasteiger partial charge in [0.25, 0.3) is 0 Å². The minimum absolute atomic E-state index is 0. The van der Waals surface area contributed by atoms with E-state index in [1.165, 1.54) is 96.4 Å². The lowest BCUT2D eigenvalue weighted by molar-refractivity contribution is -0.870. The number of hydrogen-bond acceptors (Lipinski definition) is 4. The standard InChI is InChI=1S/C30H64NO4.BrH/c1-6-7-8-17-22-29(32)23-18-14-12-10-9-11-13-15-20-25-34-27-30(33-5)28-35-26-21-16-19-24-31(2,3)4;/h29-30,32H,6-28H2,1-5H3;1H/q+1;/p-1. The average Bonchev–Trinajstić information content (AvgIpc) is 2.82. The summed E-state index contributed by atoms with van der Waals surface area (Å²) in [5, 5.41) is 10.0. The Labute approximate surface area is 236 Å². The van der Waals surface area contributed by atoms with Crippen LogP contribution in [0.15, 0.2) is 0 Å². The Balaban J connectivity index is 0. The van der Waals surface area contributed by atoms with E-state index in [1.807, 2.05) is 0 Å². The van der Waals surface area contributed by atoms with Crippen molar-refractivity contribution >= 4 is 0 Å². The molecule has 0 aliphatic heterocycles. The Kier molecular flexibility index (Phi) is 30.2. The third kappa shape index (κ3) is 30.5. The van der Waals surface area contributed by atoms with Crippen LogP contribution in [0.25, 0.3) is 0 Å². The number of ether oxygens (including phenoxy) is 3. The van der Waals surface area contributed by atoms with E-state index in [4.69, 9.17) is 14.2 Å². The molecule has 1 N–H and O–H groups in total. The van der Waals surface area contributed by atoms with Gasteiger partial charge in [0.2, 0.25) is 0 Å². The van der Waals surface area contributed by atoms with Crippen LogP contribution in [-0.4, -0.2) is 83.0 Å². The lowest BCUT2D eigenvalue weighted by atomic mass is 10.0. The number of rotatable bonds is 28. The molecule has 0 aromatic heterocycles. The number of aliphatic hydroxyl groups excluding tert-OH is 1. The highest BCUT2D eigenvalue weighted by atomic mass is 79.9. The number of aliphatic hydroxyl groups is 1. The molecule has 2 atom stereocenters. The molecule has 0 aromatic carbocycles. The van der Waals surface area contributed by atoms with Gasteiger partial charge < -0.3 is 40.8 Å². The van der Waals surface area contributed by atoms with E-state index in [2.05, 4.69) is 28.1 Å². The third-order valence-corrected chi connectivity index (χ3v) is 6.78. The van der Waals surface area contributed by atoms with Crippen LogP contribution in [0.3, 0.4) is 0 Å². The number of methoxy groups -OCH3 is 1. The molecule has 36 heavy (non-hydrogen) atoms. The van der Waals surface area contributed by atoms with E-state index in [9.17, 15) is 5.11 Å². The maximum atomic E-state index is 10.0. The van der Waals surface area contributed by atoms with Crippen LogP contribution in [0.4, 0.5) is 0 Å². The van der Waals surface area contributed by atoms with Gasteiger partial charge in [-0.3, -0.25) is 0 Å². The molecular formula is C30H64BrNO4. The van der Waals surface area contributed by atoms with Crippen molar-refractivity contribution in [3.63, 3.8) is 0 Å². The molecule has 0 rings (SSSR count). The van der Waals surface area contributed by atoms with Gasteiger partial charge in [-0.15, -0.1) is 0 Å². The predicted octanol–water partition coefficient (Wildman–Crippen LogP) is 4.15. The molecule has 220 valence electrons. The van der Waals surface area contributed by atoms with Gasteiger partial charge in [-0.2, -0.15) is 0 Å². The topological polar surface area (TPSA) is 47.9 Å². The molecule has 5 nitrogen and oxygen atoms in total. The Morgan fingerprint density at radius 2 is 1.03 bits per heavy atom. The van der Waals surface area contributed by atoms with Gasteiger partial charge in [-0.25, -0.2) is 0 Å². The summed E-state index contributed by atoms with van der Waals surface area (Å²) in [4.78, 5) is 0. The van der Waals surface area contributed by atoms with Crippen LogP contribution in [0.1, 0.15) is 122 Å². The van der Waals surface area contributed by atoms with Crippen molar-refractivity contribution in [1.29, 1.82) is 0 Å². The summed E-state index contributed by atoms with van der Waals surface area (Å²) in [6.45, 7) is 6.36. The van der Waals surface area contributed by atoms with Gasteiger partial charge in [0.15, 0.2) is 0 Å². The Hall–Kier alpha value is 0.280. The molecule has 0 amide bonds. The molecule has 0 aromatic rings. The van der Waals surface area contributed by atoms with Crippen LogP contribution in [0, 0.1) is 0 Å². The van der Waals surface area contributed by atoms with Crippen LogP contribution in [-0.2, 0) is 14.2 Å². The van der Waals surface area contributed by atoms with Crippen LogP contribution in [0.2, 0.25) is 0 Å². The number of hydrogen-bond donors (Lipinski definition) is 1. The second-order valence-electron chi connectivity index (χ2n) is 11.6. The molecule has 6 heteroatoms. The van der Waals surface area contributed by atoms with E-state index in [-0.39, 0.29) is 29.2 Å². The molecule has 0 heterocycles. The van der Waals surface area contributed by atoms with E-state index < -0.39 is 0 Å². The zero-order chi connectivity index (χ0) is 26.0. The molecule has 0 fully saturated rings. The van der Waals surface area contributed by atoms with Gasteiger partial charge in [0, 0.05) is 20.3 Å². The third-order valence-electron chi connectivity index (χ3n) is 6.78. The zero-order valence-corrected chi connectivity index (χ0v) is 26.5. The fourth-order valence-corrected chi connectivity index (χ4v) is 4.35. The van der Waals surface area contributed by atoms with Crippen molar-refractivity contribution in [1.82, 2.24) is 0 Å². The highest BCUT2D eigenvalue weighted by Gasteiger charge is 2.09. The molecule has 0 saturated heterocycles. The first-order valence-electron chi connectivity index (χ1n) is 15.1. The number of halogens is 1. The van der Waals surface area contributed by atoms with Crippen molar-refractivity contribution in [2.75, 3.05) is 61.2 Å². The average molecular weight is 583 g/mol. The first-order valence-corrected chi connectivity index (χ1v) is 15.1. The molecule has 0 aliphatic rings. The van der Waals surface area contributed by atoms with E-state index in [1.54, 1.807) is 7.11 Å². The summed E-state index contributed by atoms with van der Waals surface area (Å²) < 4.78 is 18.1. The van der Waals surface area contributed by atoms with Crippen molar-refractivity contribution < 1.29 is 40.8 Å². The lowest BCUT2D eigenvalue weighted by Gasteiger charge is -2.23. The smallest absolute Gasteiger partial charge is 0.104 e. The second kappa shape index (κ2) is 28.3. The number of quaternary nitrogens is 1. The molecule has 0 aliphatic carbocycles. The summed E-state index contributed by atoms with van der Waals surface area (Å²) in [5.41, 5.74) is 0. The fraction of sp³-hybridized carbons (Fsp3) is 1.00. The molecule has 0 radical (unpaired) electrons. The summed E-state index contributed by atoms with van der Waals surface area (Å²) in [7, 11) is 8.48. The van der Waals surface area contributed by atoms with Crippen LogP contribution in [0.5, 0.6) is 0 Å². The highest BCUT2D eigenvalue weighted by molar-refractivity contribution is 4.58. The van der Waals surface area contributed by atoms with Crippen LogP contribution >= 0.6 is 0 Å². The van der Waals surface area contributed by atoms with Crippen molar-refractivity contribution in [3.05, 3.63) is 0 Å². The van der Waals surface area contributed by atoms with E-state index in [0.717, 1.165) is 43.4 Å². The minimum atomic E-state index is -0.0615. The highest BCUT2D eigenvalue weighted by Crippen LogP contribution is 2.14. The molecule has 0 saturated carbocycles. The summed E-state index contributed by atoms with van der Waals surface area (Å²) in [6.07, 6.45) is 22.2. The van der Waals surface area contributed by atoms with Gasteiger partial charge in [0.1, 0.15) is 6.10 Å². The largest absolute Gasteiger partial charge is 1.00 e. The molecular weight excluding hydrogens is 518 g/mol. The molecule has 0 spiro atoms. The van der Waals surface area contributed by atoms with Crippen molar-refractivity contribution in [2.24, 2.45) is 0 Å². The first kappa shape index (κ1) is 38.4. The quantitative estimate of drug-likeness (QED) is 0.111. The van der Waals surface area contributed by atoms with Gasteiger partial charge in [-0.05, 0) is 38.5 Å². The summed E-state index contributed by atoms with van der Waals surface area (Å²) in [5.74, 6) is 0. The Morgan fingerprint density at radius 3 is 1.47 bits per heavy atom. The normalized spacial score (nSPS) is 13.5. The Bertz CT molecular complexity index is 420. The number of unbranched alkanes of at least 4 members (excludes halogenated alkanes) is 13. The van der Waals surface area contributed by atoms with Crippen LogP contribution < -0.4 is 17.0 Å². The van der Waals surface area contributed by atoms with Crippen molar-refractivity contribution in [3.8, 4) is 0 Å². The zero-order valence-electron chi connectivity index (χ0n) is 24.9. The summed E-state index contributed by atoms with van der Waals surface area (Å²) >= 11 is 0. The summed E-state index contributed by atoms with van der Waals surface area (Å²) in [6, 6.07) is 0. The predicted molar refractivity (Wildman–Crippen MR) is 150 cm³/mol. The molecule has 2 unspecified atom stereocenters. The Morgan fingerprint density at radius 1 is 0.611 bits per heavy atom. The van der Waals surface area contributed by atoms with Gasteiger partial charge >= 0.3 is 0 Å². The lowest BCUT2D eigenvalue weighted by Crippen LogP contribution is -3.00. The fourth-order valence-electron chi connectivity index (χ4n) is 4.35. The van der Waals surface area contributed by atoms with E-state index in [0.29, 0.717) is 13.2 Å². The second-order valence-corrected chi connectivity index (χ2v) is 11.6. The van der Waals surface area contributed by atoms with Crippen molar-refractivity contribution in [2.45, 2.75) is 135 Å². The number of nitrogens with zero attached hydrogens (tertiary/aromatic N) is 1. The maximum Gasteiger partial charge on any atom is 0.104 e.